The van der Waals surface area contributed by atoms with Crippen LogP contribution in [0.25, 0.3) is 0 Å². The van der Waals surface area contributed by atoms with E-state index in [9.17, 15) is 9.59 Å². The van der Waals surface area contributed by atoms with Gasteiger partial charge in [-0.2, -0.15) is 0 Å². The van der Waals surface area contributed by atoms with Crippen LogP contribution < -0.4 is 5.32 Å². The molecule has 1 heterocycles. The fraction of sp³-hybridized carbons (Fsp3) is 0.474. The lowest BCUT2D eigenvalue weighted by molar-refractivity contribution is -0.153. The summed E-state index contributed by atoms with van der Waals surface area (Å²) in [4.78, 5) is 23.8. The van der Waals surface area contributed by atoms with Crippen LogP contribution in [0.2, 0.25) is 0 Å². The number of ether oxygens (including phenoxy) is 2. The minimum absolute atomic E-state index is 0.0358. The van der Waals surface area contributed by atoms with E-state index in [0.29, 0.717) is 6.42 Å². The zero-order valence-corrected chi connectivity index (χ0v) is 16.0. The maximum absolute atomic E-state index is 12.0. The second-order valence-electron chi connectivity index (χ2n) is 6.88. The van der Waals surface area contributed by atoms with Crippen LogP contribution in [0.1, 0.15) is 55.9 Å². The molecule has 0 radical (unpaired) electrons. The summed E-state index contributed by atoms with van der Waals surface area (Å²) in [6, 6.07) is 9.18. The first-order chi connectivity index (χ1) is 12.8. The highest BCUT2D eigenvalue weighted by molar-refractivity contribution is 5.83. The fourth-order valence-electron chi connectivity index (χ4n) is 2.33. The molecule has 0 aliphatic carbocycles. The van der Waals surface area contributed by atoms with Crippen LogP contribution in [-0.4, -0.2) is 40.9 Å². The van der Waals surface area contributed by atoms with E-state index >= 15 is 0 Å². The molecule has 8 nitrogen and oxygen atoms in total. The van der Waals surface area contributed by atoms with Gasteiger partial charge in [0.1, 0.15) is 5.60 Å². The smallest absolute Gasteiger partial charge is 0.396 e. The van der Waals surface area contributed by atoms with Crippen molar-refractivity contribution in [2.75, 3.05) is 13.2 Å². The molecular weight excluding hydrogens is 350 g/mol. The Bertz CT molecular complexity index is 752. The van der Waals surface area contributed by atoms with E-state index in [4.69, 9.17) is 13.9 Å². The third kappa shape index (κ3) is 6.82. The van der Waals surface area contributed by atoms with Crippen LogP contribution in [0.4, 0.5) is 0 Å². The number of esters is 2. The molecule has 0 saturated carbocycles. The Kier molecular flexibility index (Phi) is 7.06. The van der Waals surface area contributed by atoms with Gasteiger partial charge in [-0.25, -0.2) is 4.79 Å². The Hall–Kier alpha value is -2.74. The summed E-state index contributed by atoms with van der Waals surface area (Å²) in [5.74, 6) is -1.10. The summed E-state index contributed by atoms with van der Waals surface area (Å²) in [6.07, 6.45) is 0.494. The van der Waals surface area contributed by atoms with E-state index < -0.39 is 23.6 Å². The summed E-state index contributed by atoms with van der Waals surface area (Å²) in [7, 11) is 0. The van der Waals surface area contributed by atoms with E-state index in [-0.39, 0.29) is 24.9 Å². The van der Waals surface area contributed by atoms with Gasteiger partial charge in [0, 0.05) is 0 Å². The van der Waals surface area contributed by atoms with Crippen molar-refractivity contribution in [2.24, 2.45) is 0 Å². The second-order valence-corrected chi connectivity index (χ2v) is 6.88. The van der Waals surface area contributed by atoms with Crippen molar-refractivity contribution in [3.05, 3.63) is 47.7 Å². The molecule has 1 atom stereocenters. The number of carbonyl (C=O) groups is 2. The second kappa shape index (κ2) is 9.27. The quantitative estimate of drug-likeness (QED) is 0.702. The van der Waals surface area contributed by atoms with Gasteiger partial charge in [0.05, 0.1) is 19.2 Å². The van der Waals surface area contributed by atoms with Crippen molar-refractivity contribution in [1.29, 1.82) is 0 Å². The number of hydrogen-bond donors (Lipinski definition) is 1. The van der Waals surface area contributed by atoms with Crippen LogP contribution in [0, 0.1) is 0 Å². The van der Waals surface area contributed by atoms with E-state index in [1.807, 2.05) is 30.3 Å². The number of benzene rings is 1. The van der Waals surface area contributed by atoms with Crippen molar-refractivity contribution in [2.45, 2.75) is 45.8 Å². The van der Waals surface area contributed by atoms with Gasteiger partial charge < -0.3 is 13.9 Å². The molecule has 0 saturated heterocycles. The molecule has 0 unspecified atom stereocenters. The summed E-state index contributed by atoms with van der Waals surface area (Å²) in [5, 5.41) is 10.7. The molecule has 27 heavy (non-hydrogen) atoms. The maximum atomic E-state index is 12.0. The maximum Gasteiger partial charge on any atom is 0.396 e. The van der Waals surface area contributed by atoms with Crippen LogP contribution in [0.15, 0.2) is 34.7 Å². The van der Waals surface area contributed by atoms with Crippen molar-refractivity contribution in [3.63, 3.8) is 0 Å². The molecule has 2 aromatic rings. The number of nitrogens with zero attached hydrogens (tertiary/aromatic N) is 2. The summed E-state index contributed by atoms with van der Waals surface area (Å²) < 4.78 is 15.6. The first kappa shape index (κ1) is 20.6. The largest absolute Gasteiger partial charge is 0.459 e. The molecule has 2 rings (SSSR count). The van der Waals surface area contributed by atoms with Crippen molar-refractivity contribution in [3.8, 4) is 0 Å². The molecule has 0 bridgehead atoms. The number of carbonyl (C=O) groups excluding carboxylic acids is 2. The van der Waals surface area contributed by atoms with E-state index in [1.54, 1.807) is 27.7 Å². The Labute approximate surface area is 158 Å². The van der Waals surface area contributed by atoms with Crippen LogP contribution in [0.3, 0.4) is 0 Å². The third-order valence-corrected chi connectivity index (χ3v) is 3.38. The Balaban J connectivity index is 2.12. The fourth-order valence-corrected chi connectivity index (χ4v) is 2.33. The molecule has 0 aliphatic rings. The highest BCUT2D eigenvalue weighted by atomic mass is 16.6. The van der Waals surface area contributed by atoms with Crippen molar-refractivity contribution < 1.29 is 23.5 Å². The number of rotatable bonds is 8. The lowest BCUT2D eigenvalue weighted by Crippen LogP contribution is -2.34. The Morgan fingerprint density at radius 2 is 1.89 bits per heavy atom. The van der Waals surface area contributed by atoms with Gasteiger partial charge >= 0.3 is 17.8 Å². The predicted octanol–water partition coefficient (Wildman–Crippen LogP) is 2.46. The molecule has 0 fully saturated rings. The minimum atomic E-state index is -0.679. The van der Waals surface area contributed by atoms with Crippen molar-refractivity contribution in [1.82, 2.24) is 15.5 Å². The average molecular weight is 375 g/mol. The first-order valence-corrected chi connectivity index (χ1v) is 8.78. The topological polar surface area (TPSA) is 104 Å². The zero-order valence-electron chi connectivity index (χ0n) is 16.0. The van der Waals surface area contributed by atoms with Gasteiger partial charge in [0.2, 0.25) is 5.89 Å². The number of hydrogen-bond acceptors (Lipinski definition) is 8. The van der Waals surface area contributed by atoms with E-state index in [1.165, 1.54) is 0 Å². The molecule has 0 amide bonds. The molecule has 146 valence electrons. The molecule has 8 heteroatoms. The molecule has 0 aliphatic heterocycles. The monoisotopic (exact) mass is 375 g/mol. The van der Waals surface area contributed by atoms with E-state index in [0.717, 1.165) is 5.56 Å². The highest BCUT2D eigenvalue weighted by Gasteiger charge is 2.24. The van der Waals surface area contributed by atoms with E-state index in [2.05, 4.69) is 15.5 Å². The molecule has 1 N–H and O–H groups in total. The average Bonchev–Trinajstić information content (AvgIpc) is 3.08. The predicted molar refractivity (Wildman–Crippen MR) is 97.0 cm³/mol. The van der Waals surface area contributed by atoms with Crippen molar-refractivity contribution >= 4 is 11.9 Å². The molecular formula is C19H25N3O5. The summed E-state index contributed by atoms with van der Waals surface area (Å²) >= 11 is 0. The van der Waals surface area contributed by atoms with Gasteiger partial charge in [-0.05, 0) is 39.7 Å². The van der Waals surface area contributed by atoms with Crippen LogP contribution in [0.5, 0.6) is 0 Å². The number of aromatic nitrogens is 2. The zero-order chi connectivity index (χ0) is 19.9. The van der Waals surface area contributed by atoms with Crippen LogP contribution in [-0.2, 0) is 20.7 Å². The Morgan fingerprint density at radius 3 is 2.52 bits per heavy atom. The minimum Gasteiger partial charge on any atom is -0.459 e. The lowest BCUT2D eigenvalue weighted by atomic mass is 10.1. The van der Waals surface area contributed by atoms with Gasteiger partial charge in [-0.3, -0.25) is 10.1 Å². The highest BCUT2D eigenvalue weighted by Crippen LogP contribution is 2.18. The summed E-state index contributed by atoms with van der Waals surface area (Å²) in [6.45, 7) is 7.27. The van der Waals surface area contributed by atoms with Gasteiger partial charge in [0.15, 0.2) is 0 Å². The standard InChI is InChI=1S/C19H25N3O5/c1-5-25-18(24)17-22-21-16(26-17)14(11-13-9-7-6-8-10-13)20-12-15(23)27-19(2,3)4/h6-10,14,20H,5,11-12H2,1-4H3/t14-/m1/s1. The number of nitrogens with one attached hydrogen (secondary N) is 1. The van der Waals surface area contributed by atoms with Gasteiger partial charge in [-0.1, -0.05) is 30.3 Å². The van der Waals surface area contributed by atoms with Gasteiger partial charge in [0.25, 0.3) is 0 Å². The normalized spacial score (nSPS) is 12.4. The third-order valence-electron chi connectivity index (χ3n) is 3.38. The van der Waals surface area contributed by atoms with Gasteiger partial charge in [-0.15, -0.1) is 10.2 Å². The molecule has 1 aromatic heterocycles. The molecule has 1 aromatic carbocycles. The van der Waals surface area contributed by atoms with Crippen LogP contribution >= 0.6 is 0 Å². The lowest BCUT2D eigenvalue weighted by Gasteiger charge is -2.21. The summed E-state index contributed by atoms with van der Waals surface area (Å²) in [5.41, 5.74) is 0.435. The molecule has 0 spiro atoms. The SMILES string of the molecule is CCOC(=O)c1nnc([C@@H](Cc2ccccc2)NCC(=O)OC(C)(C)C)o1. The first-order valence-electron chi connectivity index (χ1n) is 8.78. The Morgan fingerprint density at radius 1 is 1.19 bits per heavy atom.